The van der Waals surface area contributed by atoms with Crippen molar-refractivity contribution in [2.75, 3.05) is 0 Å². The molecule has 0 saturated heterocycles. The largest absolute Gasteiger partial charge is 0.393 e. The molecule has 2 saturated carbocycles. The predicted molar refractivity (Wildman–Crippen MR) is 45.3 cm³/mol. The van der Waals surface area contributed by atoms with E-state index in [1.807, 2.05) is 0 Å². The summed E-state index contributed by atoms with van der Waals surface area (Å²) >= 11 is 0. The monoisotopic (exact) mass is 154 g/mol. The highest BCUT2D eigenvalue weighted by molar-refractivity contribution is 4.84. The highest BCUT2D eigenvalue weighted by atomic mass is 16.3. The summed E-state index contributed by atoms with van der Waals surface area (Å²) in [7, 11) is 0. The zero-order valence-electron chi connectivity index (χ0n) is 7.13. The summed E-state index contributed by atoms with van der Waals surface area (Å²) < 4.78 is 0. The van der Waals surface area contributed by atoms with E-state index < -0.39 is 0 Å². The van der Waals surface area contributed by atoms with Crippen LogP contribution >= 0.6 is 0 Å². The van der Waals surface area contributed by atoms with Crippen LogP contribution in [-0.2, 0) is 0 Å². The average Bonchev–Trinajstić information content (AvgIpc) is 2.06. The fourth-order valence-corrected chi connectivity index (χ4v) is 2.90. The fraction of sp³-hybridized carbons (Fsp3) is 1.00. The van der Waals surface area contributed by atoms with E-state index in [0.29, 0.717) is 5.92 Å². The van der Waals surface area contributed by atoms with Gasteiger partial charge < -0.3 is 5.11 Å². The van der Waals surface area contributed by atoms with Gasteiger partial charge in [0.1, 0.15) is 0 Å². The molecule has 1 N–H and O–H groups in total. The fourth-order valence-electron chi connectivity index (χ4n) is 2.90. The van der Waals surface area contributed by atoms with Crippen molar-refractivity contribution >= 4 is 0 Å². The van der Waals surface area contributed by atoms with E-state index in [9.17, 15) is 5.11 Å². The summed E-state index contributed by atoms with van der Waals surface area (Å²) in [5.74, 6) is 1.56. The standard InChI is InChI=1S/C10H18O/c11-10-7-3-5-8-4-1-2-6-9(8)10/h8-11H,1-7H2/t8-,9+,10?/m0/s1. The van der Waals surface area contributed by atoms with Crippen LogP contribution in [0.4, 0.5) is 0 Å². The minimum atomic E-state index is 0.0500. The molecule has 0 aromatic carbocycles. The Morgan fingerprint density at radius 2 is 1.55 bits per heavy atom. The van der Waals surface area contributed by atoms with E-state index >= 15 is 0 Å². The molecular formula is C10H18O. The Bertz CT molecular complexity index is 131. The summed E-state index contributed by atoms with van der Waals surface area (Å²) in [6.07, 6.45) is 9.24. The van der Waals surface area contributed by atoms with Crippen LogP contribution in [0.15, 0.2) is 0 Å². The molecule has 2 rings (SSSR count). The van der Waals surface area contributed by atoms with Crippen LogP contribution in [0.2, 0.25) is 0 Å². The second-order valence-corrected chi connectivity index (χ2v) is 4.21. The van der Waals surface area contributed by atoms with E-state index in [0.717, 1.165) is 12.3 Å². The van der Waals surface area contributed by atoms with Gasteiger partial charge in [-0.15, -0.1) is 0 Å². The lowest BCUT2D eigenvalue weighted by Gasteiger charge is -2.38. The Hall–Kier alpha value is -0.0400. The normalized spacial score (nSPS) is 45.0. The van der Waals surface area contributed by atoms with Gasteiger partial charge in [-0.05, 0) is 31.1 Å². The average molecular weight is 154 g/mol. The molecule has 1 heteroatoms. The molecule has 2 aliphatic carbocycles. The van der Waals surface area contributed by atoms with Gasteiger partial charge in [0.25, 0.3) is 0 Å². The first-order chi connectivity index (χ1) is 5.38. The van der Waals surface area contributed by atoms with Gasteiger partial charge in [0.2, 0.25) is 0 Å². The lowest BCUT2D eigenvalue weighted by molar-refractivity contribution is 0.0105. The second kappa shape index (κ2) is 3.14. The van der Waals surface area contributed by atoms with Crippen LogP contribution in [0, 0.1) is 11.8 Å². The Kier molecular flexibility index (Phi) is 2.17. The third-order valence-electron chi connectivity index (χ3n) is 3.54. The van der Waals surface area contributed by atoms with Crippen LogP contribution < -0.4 is 0 Å². The molecular weight excluding hydrogens is 136 g/mol. The maximum absolute atomic E-state index is 9.70. The van der Waals surface area contributed by atoms with Crippen molar-refractivity contribution < 1.29 is 5.11 Å². The highest BCUT2D eigenvalue weighted by Gasteiger charge is 2.33. The summed E-state index contributed by atoms with van der Waals surface area (Å²) in [5, 5.41) is 9.70. The number of aliphatic hydroxyl groups is 1. The quantitative estimate of drug-likeness (QED) is 0.568. The van der Waals surface area contributed by atoms with Crippen molar-refractivity contribution in [2.24, 2.45) is 11.8 Å². The van der Waals surface area contributed by atoms with E-state index in [2.05, 4.69) is 0 Å². The van der Waals surface area contributed by atoms with E-state index in [4.69, 9.17) is 0 Å². The molecule has 3 atom stereocenters. The predicted octanol–water partition coefficient (Wildman–Crippen LogP) is 2.34. The van der Waals surface area contributed by atoms with Crippen molar-refractivity contribution in [1.29, 1.82) is 0 Å². The van der Waals surface area contributed by atoms with Crippen molar-refractivity contribution in [3.8, 4) is 0 Å². The van der Waals surface area contributed by atoms with Gasteiger partial charge in [-0.1, -0.05) is 25.7 Å². The molecule has 2 aliphatic rings. The molecule has 11 heavy (non-hydrogen) atoms. The van der Waals surface area contributed by atoms with Crippen molar-refractivity contribution in [2.45, 2.75) is 51.0 Å². The molecule has 0 radical (unpaired) electrons. The maximum Gasteiger partial charge on any atom is 0.0571 e. The Morgan fingerprint density at radius 1 is 0.818 bits per heavy atom. The molecule has 0 aromatic rings. The molecule has 1 unspecified atom stereocenters. The molecule has 0 spiro atoms. The van der Waals surface area contributed by atoms with Gasteiger partial charge in [0, 0.05) is 0 Å². The van der Waals surface area contributed by atoms with Crippen LogP contribution in [0.25, 0.3) is 0 Å². The van der Waals surface area contributed by atoms with Crippen molar-refractivity contribution in [3.63, 3.8) is 0 Å². The molecule has 0 aliphatic heterocycles. The van der Waals surface area contributed by atoms with Gasteiger partial charge in [0.05, 0.1) is 6.10 Å². The van der Waals surface area contributed by atoms with Gasteiger partial charge in [0.15, 0.2) is 0 Å². The first-order valence-corrected chi connectivity index (χ1v) is 5.06. The number of hydrogen-bond donors (Lipinski definition) is 1. The molecule has 0 bridgehead atoms. The van der Waals surface area contributed by atoms with E-state index in [-0.39, 0.29) is 6.10 Å². The topological polar surface area (TPSA) is 20.2 Å². The van der Waals surface area contributed by atoms with Crippen molar-refractivity contribution in [1.82, 2.24) is 0 Å². The number of fused-ring (bicyclic) bond motifs is 1. The number of aliphatic hydroxyl groups excluding tert-OH is 1. The smallest absolute Gasteiger partial charge is 0.0571 e. The minimum absolute atomic E-state index is 0.0500. The zero-order valence-corrected chi connectivity index (χ0v) is 7.13. The van der Waals surface area contributed by atoms with Crippen LogP contribution in [0.3, 0.4) is 0 Å². The summed E-state index contributed by atoms with van der Waals surface area (Å²) in [5.41, 5.74) is 0. The van der Waals surface area contributed by atoms with Gasteiger partial charge in [-0.2, -0.15) is 0 Å². The van der Waals surface area contributed by atoms with E-state index in [1.54, 1.807) is 0 Å². The number of rotatable bonds is 0. The van der Waals surface area contributed by atoms with Crippen LogP contribution in [0.5, 0.6) is 0 Å². The Balaban J connectivity index is 1.99. The Labute approximate surface area is 68.8 Å². The minimum Gasteiger partial charge on any atom is -0.393 e. The molecule has 64 valence electrons. The zero-order chi connectivity index (χ0) is 7.68. The second-order valence-electron chi connectivity index (χ2n) is 4.21. The highest BCUT2D eigenvalue weighted by Crippen LogP contribution is 2.40. The molecule has 0 heterocycles. The van der Waals surface area contributed by atoms with Crippen LogP contribution in [-0.4, -0.2) is 11.2 Å². The number of hydrogen-bond acceptors (Lipinski definition) is 1. The molecule has 0 amide bonds. The first-order valence-electron chi connectivity index (χ1n) is 5.06. The van der Waals surface area contributed by atoms with E-state index in [1.165, 1.54) is 38.5 Å². The first kappa shape index (κ1) is 7.60. The van der Waals surface area contributed by atoms with Crippen LogP contribution in [0.1, 0.15) is 44.9 Å². The molecule has 2 fully saturated rings. The third-order valence-corrected chi connectivity index (χ3v) is 3.54. The lowest BCUT2D eigenvalue weighted by Crippen LogP contribution is -2.34. The van der Waals surface area contributed by atoms with Gasteiger partial charge >= 0.3 is 0 Å². The summed E-state index contributed by atoms with van der Waals surface area (Å²) in [6, 6.07) is 0. The SMILES string of the molecule is OC1CCC[C@@H]2CCCC[C@@H]12. The lowest BCUT2D eigenvalue weighted by atomic mass is 9.69. The third kappa shape index (κ3) is 1.44. The summed E-state index contributed by atoms with van der Waals surface area (Å²) in [4.78, 5) is 0. The molecule has 0 aromatic heterocycles. The van der Waals surface area contributed by atoms with Gasteiger partial charge in [-0.3, -0.25) is 0 Å². The Morgan fingerprint density at radius 3 is 2.36 bits per heavy atom. The molecule has 1 nitrogen and oxygen atoms in total. The summed E-state index contributed by atoms with van der Waals surface area (Å²) in [6.45, 7) is 0. The van der Waals surface area contributed by atoms with Crippen molar-refractivity contribution in [3.05, 3.63) is 0 Å². The van der Waals surface area contributed by atoms with Gasteiger partial charge in [-0.25, -0.2) is 0 Å². The maximum atomic E-state index is 9.70.